The topological polar surface area (TPSA) is 34.1 Å². The van der Waals surface area contributed by atoms with E-state index in [1.165, 1.54) is 6.26 Å². The Morgan fingerprint density at radius 3 is 2.31 bits per heavy atom. The van der Waals surface area contributed by atoms with Gasteiger partial charge in [0, 0.05) is 6.26 Å². The average Bonchev–Trinajstić information content (AvgIpc) is 2.03. The van der Waals surface area contributed by atoms with Gasteiger partial charge >= 0.3 is 0 Å². The van der Waals surface area contributed by atoms with Crippen LogP contribution in [-0.2, 0) is 9.84 Å². The summed E-state index contributed by atoms with van der Waals surface area (Å²) in [6.45, 7) is 4.09. The molecule has 13 heavy (non-hydrogen) atoms. The molecule has 0 saturated heterocycles. The summed E-state index contributed by atoms with van der Waals surface area (Å²) in [5, 5.41) is 0. The Bertz CT molecular complexity index is 391. The molecule has 0 aliphatic rings. The van der Waals surface area contributed by atoms with E-state index in [0.29, 0.717) is 10.8 Å². The van der Waals surface area contributed by atoms with Crippen molar-refractivity contribution in [3.63, 3.8) is 0 Å². The molecule has 0 fully saturated rings. The van der Waals surface area contributed by atoms with Gasteiger partial charge in [-0.1, -0.05) is 26.0 Å². The van der Waals surface area contributed by atoms with Gasteiger partial charge in [0.2, 0.25) is 0 Å². The second kappa shape index (κ2) is 3.50. The van der Waals surface area contributed by atoms with Crippen molar-refractivity contribution in [3.8, 4) is 0 Å². The molecule has 0 unspecified atom stereocenters. The molecule has 0 aromatic heterocycles. The predicted octanol–water partition coefficient (Wildman–Crippen LogP) is 2.21. The molecule has 0 spiro atoms. The standard InChI is InChI=1S/C10H14O2S/c1-8(2)9-5-4-6-10(7-9)13(3,11)12/h4-8H,1-3H3. The maximum Gasteiger partial charge on any atom is 0.175 e. The highest BCUT2D eigenvalue weighted by atomic mass is 32.2. The molecule has 0 heterocycles. The van der Waals surface area contributed by atoms with Crippen molar-refractivity contribution in [2.24, 2.45) is 0 Å². The molecule has 0 amide bonds. The fourth-order valence-corrected chi connectivity index (χ4v) is 1.78. The highest BCUT2D eigenvalue weighted by Gasteiger charge is 2.08. The summed E-state index contributed by atoms with van der Waals surface area (Å²) in [5.74, 6) is 0.363. The Balaban J connectivity index is 3.21. The number of rotatable bonds is 2. The lowest BCUT2D eigenvalue weighted by Crippen LogP contribution is -1.98. The summed E-state index contributed by atoms with van der Waals surface area (Å²) in [7, 11) is -3.06. The Morgan fingerprint density at radius 2 is 1.85 bits per heavy atom. The maximum atomic E-state index is 11.2. The van der Waals surface area contributed by atoms with E-state index in [1.54, 1.807) is 18.2 Å². The third-order valence-electron chi connectivity index (χ3n) is 1.95. The first-order chi connectivity index (χ1) is 5.91. The Labute approximate surface area is 79.5 Å². The molecule has 1 aromatic rings. The largest absolute Gasteiger partial charge is 0.224 e. The van der Waals surface area contributed by atoms with Crippen molar-refractivity contribution in [1.29, 1.82) is 0 Å². The van der Waals surface area contributed by atoms with Crippen LogP contribution in [0.5, 0.6) is 0 Å². The van der Waals surface area contributed by atoms with Gasteiger partial charge in [0.05, 0.1) is 4.90 Å². The molecule has 3 heteroatoms. The summed E-state index contributed by atoms with van der Waals surface area (Å²) < 4.78 is 22.4. The lowest BCUT2D eigenvalue weighted by molar-refractivity contribution is 0.601. The van der Waals surface area contributed by atoms with Crippen LogP contribution in [0.2, 0.25) is 0 Å². The fraction of sp³-hybridized carbons (Fsp3) is 0.400. The Kier molecular flexibility index (Phi) is 2.76. The van der Waals surface area contributed by atoms with Gasteiger partial charge in [-0.25, -0.2) is 8.42 Å². The van der Waals surface area contributed by atoms with Crippen LogP contribution in [0.25, 0.3) is 0 Å². The first-order valence-electron chi connectivity index (χ1n) is 4.21. The number of benzene rings is 1. The van der Waals surface area contributed by atoms with E-state index in [0.717, 1.165) is 5.56 Å². The van der Waals surface area contributed by atoms with Gasteiger partial charge < -0.3 is 0 Å². The Hall–Kier alpha value is -0.830. The molecular formula is C10H14O2S. The maximum absolute atomic E-state index is 11.2. The van der Waals surface area contributed by atoms with Crippen molar-refractivity contribution in [3.05, 3.63) is 29.8 Å². The summed E-state index contributed by atoms with van der Waals surface area (Å²) in [5.41, 5.74) is 1.06. The monoisotopic (exact) mass is 198 g/mol. The molecule has 0 aliphatic heterocycles. The summed E-state index contributed by atoms with van der Waals surface area (Å²) in [6, 6.07) is 7.09. The lowest BCUT2D eigenvalue weighted by Gasteiger charge is -2.06. The van der Waals surface area contributed by atoms with Crippen LogP contribution in [0.15, 0.2) is 29.2 Å². The van der Waals surface area contributed by atoms with Gasteiger partial charge in [0.15, 0.2) is 9.84 Å². The SMILES string of the molecule is CC(C)c1cccc(S(C)(=O)=O)c1. The van der Waals surface area contributed by atoms with Crippen molar-refractivity contribution in [2.75, 3.05) is 6.26 Å². The number of hydrogen-bond acceptors (Lipinski definition) is 2. The minimum Gasteiger partial charge on any atom is -0.224 e. The zero-order valence-electron chi connectivity index (χ0n) is 8.11. The van der Waals surface area contributed by atoms with E-state index >= 15 is 0 Å². The van der Waals surface area contributed by atoms with Crippen LogP contribution in [0.4, 0.5) is 0 Å². The van der Waals surface area contributed by atoms with Gasteiger partial charge in [-0.2, -0.15) is 0 Å². The summed E-state index contributed by atoms with van der Waals surface area (Å²) in [4.78, 5) is 0.402. The molecule has 0 atom stereocenters. The summed E-state index contributed by atoms with van der Waals surface area (Å²) >= 11 is 0. The molecular weight excluding hydrogens is 184 g/mol. The summed E-state index contributed by atoms with van der Waals surface area (Å²) in [6.07, 6.45) is 1.23. The third kappa shape index (κ3) is 2.56. The minimum atomic E-state index is -3.06. The molecule has 0 saturated carbocycles. The van der Waals surface area contributed by atoms with E-state index in [-0.39, 0.29) is 0 Å². The Morgan fingerprint density at radius 1 is 1.23 bits per heavy atom. The van der Waals surface area contributed by atoms with E-state index in [4.69, 9.17) is 0 Å². The van der Waals surface area contributed by atoms with Gasteiger partial charge in [-0.05, 0) is 23.6 Å². The zero-order chi connectivity index (χ0) is 10.1. The first kappa shape index (κ1) is 10.3. The van der Waals surface area contributed by atoms with Crippen molar-refractivity contribution in [1.82, 2.24) is 0 Å². The quantitative estimate of drug-likeness (QED) is 0.730. The molecule has 0 N–H and O–H groups in total. The van der Waals surface area contributed by atoms with Crippen molar-refractivity contribution in [2.45, 2.75) is 24.7 Å². The highest BCUT2D eigenvalue weighted by Crippen LogP contribution is 2.18. The molecule has 0 aliphatic carbocycles. The van der Waals surface area contributed by atoms with Crippen LogP contribution in [-0.4, -0.2) is 14.7 Å². The van der Waals surface area contributed by atoms with Crippen LogP contribution in [0.3, 0.4) is 0 Å². The third-order valence-corrected chi connectivity index (χ3v) is 3.06. The molecule has 1 aromatic carbocycles. The number of sulfone groups is 1. The van der Waals surface area contributed by atoms with E-state index in [9.17, 15) is 8.42 Å². The van der Waals surface area contributed by atoms with Crippen molar-refractivity contribution >= 4 is 9.84 Å². The van der Waals surface area contributed by atoms with Gasteiger partial charge in [0.25, 0.3) is 0 Å². The molecule has 0 radical (unpaired) electrons. The molecule has 1 rings (SSSR count). The van der Waals surface area contributed by atoms with E-state index in [1.807, 2.05) is 19.9 Å². The smallest absolute Gasteiger partial charge is 0.175 e. The highest BCUT2D eigenvalue weighted by molar-refractivity contribution is 7.90. The molecule has 72 valence electrons. The zero-order valence-corrected chi connectivity index (χ0v) is 8.93. The van der Waals surface area contributed by atoms with E-state index < -0.39 is 9.84 Å². The van der Waals surface area contributed by atoms with Crippen LogP contribution in [0, 0.1) is 0 Å². The van der Waals surface area contributed by atoms with Gasteiger partial charge in [-0.3, -0.25) is 0 Å². The predicted molar refractivity (Wildman–Crippen MR) is 53.6 cm³/mol. The second-order valence-electron chi connectivity index (χ2n) is 3.50. The number of hydrogen-bond donors (Lipinski definition) is 0. The normalized spacial score (nSPS) is 12.0. The second-order valence-corrected chi connectivity index (χ2v) is 5.52. The van der Waals surface area contributed by atoms with Crippen molar-refractivity contribution < 1.29 is 8.42 Å². The van der Waals surface area contributed by atoms with Gasteiger partial charge in [-0.15, -0.1) is 0 Å². The molecule has 0 bridgehead atoms. The van der Waals surface area contributed by atoms with Crippen LogP contribution in [0.1, 0.15) is 25.3 Å². The average molecular weight is 198 g/mol. The molecule has 2 nitrogen and oxygen atoms in total. The van der Waals surface area contributed by atoms with Gasteiger partial charge in [0.1, 0.15) is 0 Å². The first-order valence-corrected chi connectivity index (χ1v) is 6.10. The van der Waals surface area contributed by atoms with E-state index in [2.05, 4.69) is 0 Å². The van der Waals surface area contributed by atoms with Crippen LogP contribution < -0.4 is 0 Å². The fourth-order valence-electron chi connectivity index (χ4n) is 1.10. The van der Waals surface area contributed by atoms with Crippen LogP contribution >= 0.6 is 0 Å². The lowest BCUT2D eigenvalue weighted by atomic mass is 10.0. The minimum absolute atomic E-state index is 0.363.